The molecule has 0 bridgehead atoms. The van der Waals surface area contributed by atoms with Crippen LogP contribution in [0, 0.1) is 0 Å². The highest BCUT2D eigenvalue weighted by molar-refractivity contribution is 9.10. The molecular formula is C13H11BrN2O5. The van der Waals surface area contributed by atoms with Crippen LogP contribution >= 0.6 is 15.9 Å². The zero-order valence-electron chi connectivity index (χ0n) is 10.9. The normalized spacial score (nSPS) is 10.4. The second kappa shape index (κ2) is 5.96. The minimum absolute atomic E-state index is 0.0680. The summed E-state index contributed by atoms with van der Waals surface area (Å²) in [7, 11) is 1.45. The third kappa shape index (κ3) is 3.22. The Labute approximate surface area is 126 Å². The number of ether oxygens (including phenoxy) is 1. The molecule has 7 nitrogen and oxygen atoms in total. The molecule has 8 heteroatoms. The van der Waals surface area contributed by atoms with E-state index in [2.05, 4.69) is 20.9 Å². The molecule has 1 aromatic heterocycles. The first-order valence-electron chi connectivity index (χ1n) is 5.82. The van der Waals surface area contributed by atoms with Crippen molar-refractivity contribution >= 4 is 21.9 Å². The molecule has 1 aromatic carbocycles. The van der Waals surface area contributed by atoms with Crippen LogP contribution in [0.1, 0.15) is 15.9 Å². The molecule has 2 aromatic rings. The molecule has 0 saturated carbocycles. The van der Waals surface area contributed by atoms with Crippen molar-refractivity contribution in [2.75, 3.05) is 7.11 Å². The molecule has 0 radical (unpaired) electrons. The highest BCUT2D eigenvalue weighted by Gasteiger charge is 2.11. The maximum atomic E-state index is 11.7. The molecule has 0 spiro atoms. The van der Waals surface area contributed by atoms with Crippen LogP contribution in [0.2, 0.25) is 0 Å². The number of halogens is 1. The van der Waals surface area contributed by atoms with Gasteiger partial charge in [-0.1, -0.05) is 0 Å². The Morgan fingerprint density at radius 3 is 2.76 bits per heavy atom. The summed E-state index contributed by atoms with van der Waals surface area (Å²) >= 11 is 3.04. The monoisotopic (exact) mass is 354 g/mol. The number of aromatic carboxylic acids is 1. The van der Waals surface area contributed by atoms with Crippen LogP contribution in [0.4, 0.5) is 0 Å². The van der Waals surface area contributed by atoms with Crippen molar-refractivity contribution in [3.05, 3.63) is 60.8 Å². The Morgan fingerprint density at radius 1 is 1.43 bits per heavy atom. The molecular weight excluding hydrogens is 344 g/mol. The van der Waals surface area contributed by atoms with E-state index in [0.29, 0.717) is 11.3 Å². The predicted molar refractivity (Wildman–Crippen MR) is 78.1 cm³/mol. The second-order valence-corrected chi connectivity index (χ2v) is 5.05. The fraction of sp³-hybridized carbons (Fsp3) is 0.154. The number of methoxy groups -OCH3 is 1. The van der Waals surface area contributed by atoms with E-state index in [-0.39, 0.29) is 16.6 Å². The zero-order chi connectivity index (χ0) is 15.6. The number of rotatable bonds is 4. The van der Waals surface area contributed by atoms with Gasteiger partial charge >= 0.3 is 11.7 Å². The summed E-state index contributed by atoms with van der Waals surface area (Å²) in [6.45, 7) is 0.0680. The summed E-state index contributed by atoms with van der Waals surface area (Å²) in [5.74, 6) is -0.622. The number of H-pyrrole nitrogens is 1. The lowest BCUT2D eigenvalue weighted by Gasteiger charge is -2.11. The largest absolute Gasteiger partial charge is 0.496 e. The number of hydrogen-bond donors (Lipinski definition) is 2. The fourth-order valence-corrected chi connectivity index (χ4v) is 2.17. The van der Waals surface area contributed by atoms with Crippen molar-refractivity contribution < 1.29 is 14.6 Å². The number of carbonyl (C=O) groups is 1. The maximum absolute atomic E-state index is 11.7. The SMILES string of the molecule is COc1ccc(C(=O)O)cc1Cn1cc(Br)c(=O)[nH]c1=O. The number of aromatic amines is 1. The summed E-state index contributed by atoms with van der Waals surface area (Å²) in [6.07, 6.45) is 1.34. The number of benzene rings is 1. The lowest BCUT2D eigenvalue weighted by Crippen LogP contribution is -2.30. The van der Waals surface area contributed by atoms with Crippen LogP contribution in [0.3, 0.4) is 0 Å². The Hall–Kier alpha value is -2.35. The van der Waals surface area contributed by atoms with Crippen molar-refractivity contribution in [3.63, 3.8) is 0 Å². The molecule has 0 amide bonds. The van der Waals surface area contributed by atoms with Crippen LogP contribution in [0.15, 0.2) is 38.5 Å². The van der Waals surface area contributed by atoms with Gasteiger partial charge in [0.25, 0.3) is 5.56 Å². The van der Waals surface area contributed by atoms with E-state index in [0.717, 1.165) is 0 Å². The van der Waals surface area contributed by atoms with Gasteiger partial charge in [-0.05, 0) is 34.1 Å². The van der Waals surface area contributed by atoms with Crippen molar-refractivity contribution in [2.45, 2.75) is 6.54 Å². The number of aromatic nitrogens is 2. The van der Waals surface area contributed by atoms with Crippen LogP contribution in [0.5, 0.6) is 5.75 Å². The molecule has 0 aliphatic carbocycles. The molecule has 2 rings (SSSR count). The number of carboxylic acid groups (broad SMARTS) is 1. The summed E-state index contributed by atoms with van der Waals surface area (Å²) in [5, 5.41) is 9.01. The molecule has 110 valence electrons. The zero-order valence-corrected chi connectivity index (χ0v) is 12.5. The van der Waals surface area contributed by atoms with Gasteiger partial charge in [0, 0.05) is 11.8 Å². The van der Waals surface area contributed by atoms with Gasteiger partial charge in [0.15, 0.2) is 0 Å². The number of carboxylic acids is 1. The van der Waals surface area contributed by atoms with Crippen molar-refractivity contribution in [3.8, 4) is 5.75 Å². The summed E-state index contributed by atoms with van der Waals surface area (Å²) < 4.78 is 6.60. The Morgan fingerprint density at radius 2 is 2.14 bits per heavy atom. The van der Waals surface area contributed by atoms with Gasteiger partial charge in [0.05, 0.1) is 23.7 Å². The maximum Gasteiger partial charge on any atom is 0.335 e. The number of nitrogens with one attached hydrogen (secondary N) is 1. The smallest absolute Gasteiger partial charge is 0.335 e. The third-order valence-corrected chi connectivity index (χ3v) is 3.40. The highest BCUT2D eigenvalue weighted by atomic mass is 79.9. The minimum Gasteiger partial charge on any atom is -0.496 e. The molecule has 0 atom stereocenters. The average Bonchev–Trinajstić information content (AvgIpc) is 2.44. The number of hydrogen-bond acceptors (Lipinski definition) is 4. The van der Waals surface area contributed by atoms with Gasteiger partial charge in [-0.15, -0.1) is 0 Å². The Bertz CT molecular complexity index is 809. The lowest BCUT2D eigenvalue weighted by molar-refractivity contribution is 0.0696. The topological polar surface area (TPSA) is 101 Å². The molecule has 1 heterocycles. The second-order valence-electron chi connectivity index (χ2n) is 4.20. The van der Waals surface area contributed by atoms with E-state index in [1.807, 2.05) is 0 Å². The van der Waals surface area contributed by atoms with Gasteiger partial charge in [0.1, 0.15) is 5.75 Å². The van der Waals surface area contributed by atoms with E-state index >= 15 is 0 Å². The molecule has 0 saturated heterocycles. The van der Waals surface area contributed by atoms with Crippen molar-refractivity contribution in [1.82, 2.24) is 9.55 Å². The molecule has 0 aliphatic heterocycles. The first-order valence-corrected chi connectivity index (χ1v) is 6.61. The first kappa shape index (κ1) is 15.0. The first-order chi connectivity index (χ1) is 9.92. The van der Waals surface area contributed by atoms with Crippen LogP contribution < -0.4 is 16.0 Å². The van der Waals surface area contributed by atoms with E-state index in [1.54, 1.807) is 0 Å². The Balaban J connectivity index is 2.50. The number of nitrogens with zero attached hydrogens (tertiary/aromatic N) is 1. The van der Waals surface area contributed by atoms with E-state index in [4.69, 9.17) is 9.84 Å². The Kier molecular flexibility index (Phi) is 4.27. The fourth-order valence-electron chi connectivity index (χ4n) is 1.82. The third-order valence-electron chi connectivity index (χ3n) is 2.84. The lowest BCUT2D eigenvalue weighted by atomic mass is 10.1. The van der Waals surface area contributed by atoms with Gasteiger partial charge in [-0.2, -0.15) is 0 Å². The molecule has 0 fully saturated rings. The molecule has 21 heavy (non-hydrogen) atoms. The summed E-state index contributed by atoms with van der Waals surface area (Å²) in [5.41, 5.74) is -0.519. The van der Waals surface area contributed by atoms with Crippen molar-refractivity contribution in [1.29, 1.82) is 0 Å². The van der Waals surface area contributed by atoms with Crippen LogP contribution in [-0.4, -0.2) is 27.7 Å². The van der Waals surface area contributed by atoms with Crippen LogP contribution in [0.25, 0.3) is 0 Å². The van der Waals surface area contributed by atoms with E-state index in [9.17, 15) is 14.4 Å². The molecule has 0 unspecified atom stereocenters. The molecule has 0 aliphatic rings. The van der Waals surface area contributed by atoms with Crippen LogP contribution in [-0.2, 0) is 6.54 Å². The van der Waals surface area contributed by atoms with Gasteiger partial charge in [-0.25, -0.2) is 9.59 Å². The average molecular weight is 355 g/mol. The van der Waals surface area contributed by atoms with Crippen molar-refractivity contribution in [2.24, 2.45) is 0 Å². The summed E-state index contributed by atoms with van der Waals surface area (Å²) in [6, 6.07) is 4.35. The van der Waals surface area contributed by atoms with Gasteiger partial charge in [-0.3, -0.25) is 14.3 Å². The van der Waals surface area contributed by atoms with Gasteiger partial charge < -0.3 is 9.84 Å². The quantitative estimate of drug-likeness (QED) is 0.854. The predicted octanol–water partition coefficient (Wildman–Crippen LogP) is 1.05. The highest BCUT2D eigenvalue weighted by Crippen LogP contribution is 2.20. The summed E-state index contributed by atoms with van der Waals surface area (Å²) in [4.78, 5) is 36.2. The van der Waals surface area contributed by atoms with E-state index in [1.165, 1.54) is 36.1 Å². The van der Waals surface area contributed by atoms with Gasteiger partial charge in [0.2, 0.25) is 0 Å². The minimum atomic E-state index is -1.08. The van der Waals surface area contributed by atoms with E-state index < -0.39 is 17.2 Å². The standard InChI is InChI=1S/C13H11BrN2O5/c1-21-10-3-2-7(12(18)19)4-8(10)5-16-6-9(14)11(17)15-13(16)20/h2-4,6H,5H2,1H3,(H,18,19)(H,15,17,20). The molecule has 2 N–H and O–H groups in total.